The third-order valence-electron chi connectivity index (χ3n) is 3.78. The maximum atomic E-state index is 12.4. The maximum absolute atomic E-state index is 12.4. The van der Waals surface area contributed by atoms with Gasteiger partial charge in [-0.1, -0.05) is 28.1 Å². The zero-order chi connectivity index (χ0) is 17.8. The number of aromatic nitrogens is 2. The van der Waals surface area contributed by atoms with Crippen LogP contribution < -0.4 is 10.1 Å². The standard InChI is InChI=1S/C19H18BrN3O2/c1-13-10-18(19(24)21-16-6-8-17(25-2)9-7-16)22-23(13)12-14-4-3-5-15(20)11-14/h3-11H,12H2,1-2H3,(H,21,24). The van der Waals surface area contributed by atoms with Crippen LogP contribution >= 0.6 is 15.9 Å². The van der Waals surface area contributed by atoms with Crippen LogP contribution in [0.2, 0.25) is 0 Å². The molecular formula is C19H18BrN3O2. The monoisotopic (exact) mass is 399 g/mol. The summed E-state index contributed by atoms with van der Waals surface area (Å²) in [5.41, 5.74) is 3.14. The lowest BCUT2D eigenvalue weighted by atomic mass is 10.2. The number of hydrogen-bond donors (Lipinski definition) is 1. The van der Waals surface area contributed by atoms with E-state index in [9.17, 15) is 4.79 Å². The number of carbonyl (C=O) groups excluding carboxylic acids is 1. The van der Waals surface area contributed by atoms with Crippen molar-refractivity contribution >= 4 is 27.5 Å². The lowest BCUT2D eigenvalue weighted by Crippen LogP contribution is -2.13. The Morgan fingerprint density at radius 2 is 1.96 bits per heavy atom. The van der Waals surface area contributed by atoms with Crippen LogP contribution in [0.4, 0.5) is 5.69 Å². The largest absolute Gasteiger partial charge is 0.497 e. The molecule has 0 aliphatic heterocycles. The first-order valence-electron chi connectivity index (χ1n) is 7.79. The Bertz CT molecular complexity index is 888. The van der Waals surface area contributed by atoms with Crippen LogP contribution in [-0.2, 0) is 6.54 Å². The van der Waals surface area contributed by atoms with Crippen molar-refractivity contribution < 1.29 is 9.53 Å². The summed E-state index contributed by atoms with van der Waals surface area (Å²) in [6, 6.07) is 17.0. The van der Waals surface area contributed by atoms with Gasteiger partial charge in [-0.2, -0.15) is 5.10 Å². The predicted molar refractivity (Wildman–Crippen MR) is 101 cm³/mol. The molecule has 0 aliphatic carbocycles. The van der Waals surface area contributed by atoms with Gasteiger partial charge in [0.15, 0.2) is 5.69 Å². The van der Waals surface area contributed by atoms with Gasteiger partial charge in [0.05, 0.1) is 13.7 Å². The van der Waals surface area contributed by atoms with Crippen molar-refractivity contribution in [2.75, 3.05) is 12.4 Å². The summed E-state index contributed by atoms with van der Waals surface area (Å²) < 4.78 is 7.96. The first-order chi connectivity index (χ1) is 12.0. The van der Waals surface area contributed by atoms with E-state index in [4.69, 9.17) is 4.74 Å². The fraction of sp³-hybridized carbons (Fsp3) is 0.158. The Balaban J connectivity index is 1.73. The Labute approximate surface area is 154 Å². The second kappa shape index (κ2) is 7.53. The van der Waals surface area contributed by atoms with Gasteiger partial charge in [0.1, 0.15) is 5.75 Å². The van der Waals surface area contributed by atoms with Gasteiger partial charge < -0.3 is 10.1 Å². The molecule has 128 valence electrons. The SMILES string of the molecule is COc1ccc(NC(=O)c2cc(C)n(Cc3cccc(Br)c3)n2)cc1. The first-order valence-corrected chi connectivity index (χ1v) is 8.59. The van der Waals surface area contributed by atoms with E-state index in [1.807, 2.05) is 35.9 Å². The summed E-state index contributed by atoms with van der Waals surface area (Å²) in [4.78, 5) is 12.4. The van der Waals surface area contributed by atoms with Gasteiger partial charge in [-0.25, -0.2) is 0 Å². The minimum absolute atomic E-state index is 0.235. The van der Waals surface area contributed by atoms with Crippen molar-refractivity contribution in [1.29, 1.82) is 0 Å². The molecule has 5 nitrogen and oxygen atoms in total. The number of amides is 1. The van der Waals surface area contributed by atoms with Crippen LogP contribution in [-0.4, -0.2) is 22.8 Å². The second-order valence-electron chi connectivity index (χ2n) is 5.64. The zero-order valence-electron chi connectivity index (χ0n) is 14.0. The summed E-state index contributed by atoms with van der Waals surface area (Å²) in [5.74, 6) is 0.508. The minimum Gasteiger partial charge on any atom is -0.497 e. The number of rotatable bonds is 5. The maximum Gasteiger partial charge on any atom is 0.276 e. The third kappa shape index (κ3) is 4.28. The second-order valence-corrected chi connectivity index (χ2v) is 6.56. The van der Waals surface area contributed by atoms with E-state index in [1.165, 1.54) is 0 Å². The molecule has 3 aromatic rings. The van der Waals surface area contributed by atoms with Crippen LogP contribution in [0.1, 0.15) is 21.7 Å². The molecule has 1 N–H and O–H groups in total. The number of methoxy groups -OCH3 is 1. The molecule has 25 heavy (non-hydrogen) atoms. The molecule has 0 spiro atoms. The smallest absolute Gasteiger partial charge is 0.276 e. The highest BCUT2D eigenvalue weighted by Crippen LogP contribution is 2.17. The van der Waals surface area contributed by atoms with Crippen molar-refractivity contribution in [3.8, 4) is 5.75 Å². The number of nitrogens with zero attached hydrogens (tertiary/aromatic N) is 2. The van der Waals surface area contributed by atoms with E-state index in [0.717, 1.165) is 21.5 Å². The highest BCUT2D eigenvalue weighted by atomic mass is 79.9. The normalized spacial score (nSPS) is 10.5. The van der Waals surface area contributed by atoms with Crippen LogP contribution in [0, 0.1) is 6.92 Å². The average molecular weight is 400 g/mol. The molecule has 0 unspecified atom stereocenters. The molecule has 1 aromatic heterocycles. The molecule has 0 fully saturated rings. The molecule has 1 amide bonds. The van der Waals surface area contributed by atoms with Crippen molar-refractivity contribution in [2.24, 2.45) is 0 Å². The zero-order valence-corrected chi connectivity index (χ0v) is 15.6. The van der Waals surface area contributed by atoms with Crippen molar-refractivity contribution in [3.63, 3.8) is 0 Å². The van der Waals surface area contributed by atoms with Gasteiger partial charge >= 0.3 is 0 Å². The Morgan fingerprint density at radius 1 is 1.20 bits per heavy atom. The summed E-state index contributed by atoms with van der Waals surface area (Å²) in [5, 5.41) is 7.27. The molecule has 0 atom stereocenters. The van der Waals surface area contributed by atoms with E-state index >= 15 is 0 Å². The molecular weight excluding hydrogens is 382 g/mol. The van der Waals surface area contributed by atoms with Gasteiger partial charge in [0.2, 0.25) is 0 Å². The number of hydrogen-bond acceptors (Lipinski definition) is 3. The van der Waals surface area contributed by atoms with Crippen LogP contribution in [0.5, 0.6) is 5.75 Å². The first kappa shape index (κ1) is 17.2. The minimum atomic E-state index is -0.235. The molecule has 0 radical (unpaired) electrons. The van der Waals surface area contributed by atoms with Gasteiger partial charge in [-0.15, -0.1) is 0 Å². The van der Waals surface area contributed by atoms with Gasteiger partial charge in [0.25, 0.3) is 5.91 Å². The van der Waals surface area contributed by atoms with Crippen molar-refractivity contribution in [1.82, 2.24) is 9.78 Å². The topological polar surface area (TPSA) is 56.1 Å². The molecule has 3 rings (SSSR count). The van der Waals surface area contributed by atoms with Crippen molar-refractivity contribution in [2.45, 2.75) is 13.5 Å². The fourth-order valence-electron chi connectivity index (χ4n) is 2.46. The van der Waals surface area contributed by atoms with Crippen LogP contribution in [0.3, 0.4) is 0 Å². The molecule has 2 aromatic carbocycles. The quantitative estimate of drug-likeness (QED) is 0.696. The molecule has 0 saturated heterocycles. The number of halogens is 1. The highest BCUT2D eigenvalue weighted by Gasteiger charge is 2.13. The molecule has 0 bridgehead atoms. The Hall–Kier alpha value is -2.60. The highest BCUT2D eigenvalue weighted by molar-refractivity contribution is 9.10. The van der Waals surface area contributed by atoms with E-state index in [0.29, 0.717) is 17.9 Å². The average Bonchev–Trinajstić information content (AvgIpc) is 2.96. The molecule has 1 heterocycles. The number of aryl methyl sites for hydroxylation is 1. The summed E-state index contributed by atoms with van der Waals surface area (Å²) >= 11 is 3.47. The summed E-state index contributed by atoms with van der Waals surface area (Å²) in [7, 11) is 1.61. The summed E-state index contributed by atoms with van der Waals surface area (Å²) in [6.45, 7) is 2.55. The molecule has 6 heteroatoms. The molecule has 0 saturated carbocycles. The third-order valence-corrected chi connectivity index (χ3v) is 4.28. The number of nitrogens with one attached hydrogen (secondary N) is 1. The predicted octanol–water partition coefficient (Wildman–Crippen LogP) is 4.26. The Kier molecular flexibility index (Phi) is 5.19. The van der Waals surface area contributed by atoms with E-state index in [-0.39, 0.29) is 5.91 Å². The number of anilines is 1. The van der Waals surface area contributed by atoms with Gasteiger partial charge in [-0.3, -0.25) is 9.48 Å². The van der Waals surface area contributed by atoms with E-state index in [1.54, 1.807) is 37.4 Å². The summed E-state index contributed by atoms with van der Waals surface area (Å²) in [6.07, 6.45) is 0. The lowest BCUT2D eigenvalue weighted by molar-refractivity contribution is 0.102. The lowest BCUT2D eigenvalue weighted by Gasteiger charge is -2.06. The number of carbonyl (C=O) groups is 1. The number of benzene rings is 2. The van der Waals surface area contributed by atoms with Crippen LogP contribution in [0.25, 0.3) is 0 Å². The van der Waals surface area contributed by atoms with Gasteiger partial charge in [-0.05, 0) is 55.0 Å². The van der Waals surface area contributed by atoms with Crippen molar-refractivity contribution in [3.05, 3.63) is 76.0 Å². The van der Waals surface area contributed by atoms with E-state index in [2.05, 4.69) is 26.3 Å². The molecule has 0 aliphatic rings. The Morgan fingerprint density at radius 3 is 2.64 bits per heavy atom. The van der Waals surface area contributed by atoms with Gasteiger partial charge in [0, 0.05) is 15.9 Å². The van der Waals surface area contributed by atoms with Crippen LogP contribution in [0.15, 0.2) is 59.1 Å². The van der Waals surface area contributed by atoms with E-state index < -0.39 is 0 Å². The number of ether oxygens (including phenoxy) is 1. The fourth-order valence-corrected chi connectivity index (χ4v) is 2.91.